The molecule has 94 valence electrons. The molecule has 2 unspecified atom stereocenters. The predicted molar refractivity (Wildman–Crippen MR) is 72.3 cm³/mol. The van der Waals surface area contributed by atoms with Crippen LogP contribution in [0.25, 0.3) is 0 Å². The molecule has 1 aromatic rings. The number of hydrogen-bond acceptors (Lipinski definition) is 4. The van der Waals surface area contributed by atoms with Gasteiger partial charge in [-0.15, -0.1) is 0 Å². The lowest BCUT2D eigenvalue weighted by Crippen LogP contribution is -2.27. The third-order valence-corrected chi connectivity index (χ3v) is 4.28. The minimum atomic E-state index is 0.687. The molecule has 1 aliphatic carbocycles. The molecule has 1 heterocycles. The maximum atomic E-state index is 4.36. The van der Waals surface area contributed by atoms with E-state index in [1.807, 2.05) is 31.1 Å². The first-order chi connectivity index (χ1) is 8.28. The zero-order valence-corrected chi connectivity index (χ0v) is 11.5. The Morgan fingerprint density at radius 2 is 2.12 bits per heavy atom. The van der Waals surface area contributed by atoms with Crippen LogP contribution in [-0.2, 0) is 0 Å². The van der Waals surface area contributed by atoms with E-state index in [4.69, 9.17) is 0 Å². The normalized spacial score (nSPS) is 24.1. The fraction of sp³-hybridized carbons (Fsp3) is 0.692. The molecule has 0 amide bonds. The van der Waals surface area contributed by atoms with Gasteiger partial charge in [0.05, 0.1) is 0 Å². The molecule has 0 aliphatic heterocycles. The first kappa shape index (κ1) is 12.8. The van der Waals surface area contributed by atoms with E-state index in [0.717, 1.165) is 17.3 Å². The van der Waals surface area contributed by atoms with Gasteiger partial charge in [0.1, 0.15) is 0 Å². The third kappa shape index (κ3) is 3.96. The summed E-state index contributed by atoms with van der Waals surface area (Å²) in [5.74, 6) is 0. The number of aryl methyl sites for hydroxylation is 1. The molecule has 0 aromatic carbocycles. The SMILES string of the molecule is CCCNC1CCC(Sc2ncc(C)cn2)C1. The van der Waals surface area contributed by atoms with E-state index in [9.17, 15) is 0 Å². The van der Waals surface area contributed by atoms with Crippen molar-refractivity contribution in [3.8, 4) is 0 Å². The quantitative estimate of drug-likeness (QED) is 0.817. The summed E-state index contributed by atoms with van der Waals surface area (Å²) in [4.78, 5) is 8.72. The van der Waals surface area contributed by atoms with Crippen molar-refractivity contribution in [3.63, 3.8) is 0 Å². The Morgan fingerprint density at radius 3 is 2.82 bits per heavy atom. The number of nitrogens with zero attached hydrogens (tertiary/aromatic N) is 2. The molecule has 1 aliphatic rings. The zero-order valence-electron chi connectivity index (χ0n) is 10.6. The van der Waals surface area contributed by atoms with Crippen molar-refractivity contribution in [3.05, 3.63) is 18.0 Å². The lowest BCUT2D eigenvalue weighted by Gasteiger charge is -2.11. The predicted octanol–water partition coefficient (Wildman–Crippen LogP) is 2.80. The maximum absolute atomic E-state index is 4.36. The van der Waals surface area contributed by atoms with Gasteiger partial charge >= 0.3 is 0 Å². The highest BCUT2D eigenvalue weighted by molar-refractivity contribution is 7.99. The van der Waals surface area contributed by atoms with Crippen LogP contribution < -0.4 is 5.32 Å². The van der Waals surface area contributed by atoms with Crippen LogP contribution in [0.15, 0.2) is 17.6 Å². The van der Waals surface area contributed by atoms with Crippen LogP contribution in [0.2, 0.25) is 0 Å². The smallest absolute Gasteiger partial charge is 0.187 e. The molecule has 0 saturated heterocycles. The van der Waals surface area contributed by atoms with Crippen LogP contribution in [0.3, 0.4) is 0 Å². The number of thioether (sulfide) groups is 1. The van der Waals surface area contributed by atoms with Gasteiger partial charge in [-0.3, -0.25) is 0 Å². The van der Waals surface area contributed by atoms with Crippen LogP contribution >= 0.6 is 11.8 Å². The molecular formula is C13H21N3S. The Kier molecular flexibility index (Phi) is 4.80. The number of aromatic nitrogens is 2. The molecule has 0 radical (unpaired) electrons. The van der Waals surface area contributed by atoms with E-state index >= 15 is 0 Å². The second-order valence-corrected chi connectivity index (χ2v) is 6.01. The van der Waals surface area contributed by atoms with Crippen molar-refractivity contribution in [1.29, 1.82) is 0 Å². The van der Waals surface area contributed by atoms with Gasteiger partial charge < -0.3 is 5.32 Å². The Balaban J connectivity index is 1.79. The first-order valence-electron chi connectivity index (χ1n) is 6.46. The van der Waals surface area contributed by atoms with E-state index in [-0.39, 0.29) is 0 Å². The highest BCUT2D eigenvalue weighted by Gasteiger charge is 2.25. The maximum Gasteiger partial charge on any atom is 0.187 e. The van der Waals surface area contributed by atoms with E-state index in [1.54, 1.807) is 0 Å². The van der Waals surface area contributed by atoms with Crippen LogP contribution in [0, 0.1) is 6.92 Å². The molecule has 1 aromatic heterocycles. The summed E-state index contributed by atoms with van der Waals surface area (Å²) >= 11 is 1.83. The second-order valence-electron chi connectivity index (χ2n) is 4.75. The molecule has 0 spiro atoms. The molecule has 17 heavy (non-hydrogen) atoms. The first-order valence-corrected chi connectivity index (χ1v) is 7.34. The second kappa shape index (κ2) is 6.36. The fourth-order valence-electron chi connectivity index (χ4n) is 2.17. The zero-order chi connectivity index (χ0) is 12.1. The van der Waals surface area contributed by atoms with Gasteiger partial charge in [-0.25, -0.2) is 9.97 Å². The summed E-state index contributed by atoms with van der Waals surface area (Å²) in [6.45, 7) is 5.38. The molecule has 1 fully saturated rings. The lowest BCUT2D eigenvalue weighted by molar-refractivity contribution is 0.524. The van der Waals surface area contributed by atoms with Gasteiger partial charge in [0.25, 0.3) is 0 Å². The molecule has 4 heteroatoms. The van der Waals surface area contributed by atoms with Gasteiger partial charge in [0, 0.05) is 23.7 Å². The molecule has 1 N–H and O–H groups in total. The Morgan fingerprint density at radius 1 is 1.35 bits per heavy atom. The van der Waals surface area contributed by atoms with Crippen LogP contribution in [0.5, 0.6) is 0 Å². The van der Waals surface area contributed by atoms with E-state index in [0.29, 0.717) is 11.3 Å². The Hall–Kier alpha value is -0.610. The average molecular weight is 251 g/mol. The standard InChI is InChI=1S/C13H21N3S/c1-3-6-14-11-4-5-12(7-11)17-13-15-8-10(2)9-16-13/h8-9,11-12,14H,3-7H2,1-2H3. The fourth-order valence-corrected chi connectivity index (χ4v) is 3.28. The lowest BCUT2D eigenvalue weighted by atomic mass is 10.2. The Bertz CT molecular complexity index is 339. The summed E-state index contributed by atoms with van der Waals surface area (Å²) in [5, 5.41) is 5.22. The van der Waals surface area contributed by atoms with Crippen molar-refractivity contribution in [1.82, 2.24) is 15.3 Å². The Labute approximate surface area is 108 Å². The van der Waals surface area contributed by atoms with Gasteiger partial charge in [0.15, 0.2) is 5.16 Å². The molecule has 3 nitrogen and oxygen atoms in total. The molecule has 0 bridgehead atoms. The van der Waals surface area contributed by atoms with Gasteiger partial charge in [-0.05, 0) is 44.7 Å². The largest absolute Gasteiger partial charge is 0.314 e. The van der Waals surface area contributed by atoms with Crippen LogP contribution in [-0.4, -0.2) is 27.8 Å². The summed E-state index contributed by atoms with van der Waals surface area (Å²) < 4.78 is 0. The van der Waals surface area contributed by atoms with Crippen molar-refractivity contribution in [2.24, 2.45) is 0 Å². The minimum Gasteiger partial charge on any atom is -0.314 e. The number of nitrogens with one attached hydrogen (secondary N) is 1. The van der Waals surface area contributed by atoms with Gasteiger partial charge in [-0.1, -0.05) is 18.7 Å². The molecule has 2 rings (SSSR count). The monoisotopic (exact) mass is 251 g/mol. The van der Waals surface area contributed by atoms with Crippen molar-refractivity contribution in [2.75, 3.05) is 6.54 Å². The highest BCUT2D eigenvalue weighted by atomic mass is 32.2. The van der Waals surface area contributed by atoms with Gasteiger partial charge in [0.2, 0.25) is 0 Å². The van der Waals surface area contributed by atoms with E-state index in [2.05, 4.69) is 22.2 Å². The van der Waals surface area contributed by atoms with Crippen LogP contribution in [0.1, 0.15) is 38.2 Å². The molecule has 2 atom stereocenters. The van der Waals surface area contributed by atoms with E-state index in [1.165, 1.54) is 25.7 Å². The average Bonchev–Trinajstić information content (AvgIpc) is 2.77. The summed E-state index contributed by atoms with van der Waals surface area (Å²) in [6, 6.07) is 0.706. The van der Waals surface area contributed by atoms with Crippen molar-refractivity contribution < 1.29 is 0 Å². The van der Waals surface area contributed by atoms with Crippen LogP contribution in [0.4, 0.5) is 0 Å². The highest BCUT2D eigenvalue weighted by Crippen LogP contribution is 2.33. The molecule has 1 saturated carbocycles. The number of hydrogen-bond donors (Lipinski definition) is 1. The summed E-state index contributed by atoms with van der Waals surface area (Å²) in [6.07, 6.45) is 8.85. The number of rotatable bonds is 5. The summed E-state index contributed by atoms with van der Waals surface area (Å²) in [5.41, 5.74) is 1.13. The van der Waals surface area contributed by atoms with Crippen molar-refractivity contribution >= 4 is 11.8 Å². The summed E-state index contributed by atoms with van der Waals surface area (Å²) in [7, 11) is 0. The van der Waals surface area contributed by atoms with Crippen molar-refractivity contribution in [2.45, 2.75) is 56.0 Å². The molecular weight excluding hydrogens is 230 g/mol. The third-order valence-electron chi connectivity index (χ3n) is 3.10. The topological polar surface area (TPSA) is 37.8 Å². The van der Waals surface area contributed by atoms with E-state index < -0.39 is 0 Å². The van der Waals surface area contributed by atoms with Gasteiger partial charge in [-0.2, -0.15) is 0 Å². The minimum absolute atomic E-state index is 0.687.